The van der Waals surface area contributed by atoms with Crippen LogP contribution in [0, 0.1) is 5.92 Å². The van der Waals surface area contributed by atoms with Crippen molar-refractivity contribution in [1.29, 1.82) is 0 Å². The zero-order valence-electron chi connectivity index (χ0n) is 7.16. The second-order valence-electron chi connectivity index (χ2n) is 2.87. The fourth-order valence-corrected chi connectivity index (χ4v) is 1.21. The minimum Gasteiger partial charge on any atom is -0.0882 e. The van der Waals surface area contributed by atoms with Gasteiger partial charge in [0.1, 0.15) is 0 Å². The lowest BCUT2D eigenvalue weighted by molar-refractivity contribution is 0.830. The second-order valence-corrected chi connectivity index (χ2v) is 2.87. The first-order valence-electron chi connectivity index (χ1n) is 4.42. The maximum absolute atomic E-state index is 2.30. The molecule has 0 aromatic carbocycles. The van der Waals surface area contributed by atoms with E-state index in [4.69, 9.17) is 0 Å². The van der Waals surface area contributed by atoms with Crippen LogP contribution in [0.15, 0.2) is 36.5 Å². The van der Waals surface area contributed by atoms with Crippen LogP contribution in [-0.4, -0.2) is 0 Å². The van der Waals surface area contributed by atoms with Crippen LogP contribution in [0.3, 0.4) is 0 Å². The molecule has 1 aliphatic carbocycles. The van der Waals surface area contributed by atoms with E-state index in [1.165, 1.54) is 6.42 Å². The predicted octanol–water partition coefficient (Wildman–Crippen LogP) is 3.48. The summed E-state index contributed by atoms with van der Waals surface area (Å²) < 4.78 is 0. The van der Waals surface area contributed by atoms with Crippen molar-refractivity contribution in [2.75, 3.05) is 0 Å². The van der Waals surface area contributed by atoms with Gasteiger partial charge in [0.25, 0.3) is 0 Å². The summed E-state index contributed by atoms with van der Waals surface area (Å²) >= 11 is 0. The van der Waals surface area contributed by atoms with Gasteiger partial charge in [0.05, 0.1) is 0 Å². The van der Waals surface area contributed by atoms with E-state index in [2.05, 4.69) is 43.4 Å². The topological polar surface area (TPSA) is 0 Å². The van der Waals surface area contributed by atoms with E-state index in [0.29, 0.717) is 5.92 Å². The quantitative estimate of drug-likeness (QED) is 0.526. The monoisotopic (exact) mass is 148 g/mol. The molecule has 0 saturated carbocycles. The fourth-order valence-electron chi connectivity index (χ4n) is 1.21. The summed E-state index contributed by atoms with van der Waals surface area (Å²) in [5.74, 6) is 0.647. The standard InChI is InChI=1S/C11H16/c1-2-3-8-11-9-6-4-5-7-10-11/h3-4,6-8,10-11H,2,5,9H2,1H3/b8-3-/t11-/m1/s1. The first-order valence-corrected chi connectivity index (χ1v) is 4.42. The smallest absolute Gasteiger partial charge is 0.00189 e. The van der Waals surface area contributed by atoms with Gasteiger partial charge >= 0.3 is 0 Å². The molecule has 0 bridgehead atoms. The summed E-state index contributed by atoms with van der Waals surface area (Å²) in [6.45, 7) is 2.17. The molecule has 0 aromatic heterocycles. The van der Waals surface area contributed by atoms with E-state index in [1.807, 2.05) is 0 Å². The Morgan fingerprint density at radius 2 is 2.27 bits per heavy atom. The molecule has 0 radical (unpaired) electrons. The van der Waals surface area contributed by atoms with Gasteiger partial charge in [-0.25, -0.2) is 0 Å². The first kappa shape index (κ1) is 8.32. The molecule has 0 aliphatic heterocycles. The Kier molecular flexibility index (Phi) is 3.74. The predicted molar refractivity (Wildman–Crippen MR) is 50.4 cm³/mol. The zero-order valence-corrected chi connectivity index (χ0v) is 7.16. The third kappa shape index (κ3) is 3.22. The lowest BCUT2D eigenvalue weighted by atomic mass is 10.1. The Balaban J connectivity index is 2.44. The highest BCUT2D eigenvalue weighted by Crippen LogP contribution is 2.12. The molecule has 0 amide bonds. The molecule has 0 heteroatoms. The molecular weight excluding hydrogens is 132 g/mol. The molecule has 1 atom stereocenters. The largest absolute Gasteiger partial charge is 0.0882 e. The van der Waals surface area contributed by atoms with Crippen LogP contribution < -0.4 is 0 Å². The number of hydrogen-bond donors (Lipinski definition) is 0. The molecular formula is C11H16. The molecule has 0 saturated heterocycles. The molecule has 1 rings (SSSR count). The van der Waals surface area contributed by atoms with Crippen LogP contribution in [0.2, 0.25) is 0 Å². The van der Waals surface area contributed by atoms with Gasteiger partial charge in [0, 0.05) is 0 Å². The third-order valence-corrected chi connectivity index (χ3v) is 1.85. The summed E-state index contributed by atoms with van der Waals surface area (Å²) in [4.78, 5) is 0. The van der Waals surface area contributed by atoms with Crippen LogP contribution in [0.4, 0.5) is 0 Å². The van der Waals surface area contributed by atoms with E-state index in [-0.39, 0.29) is 0 Å². The van der Waals surface area contributed by atoms with Gasteiger partial charge in [-0.2, -0.15) is 0 Å². The van der Waals surface area contributed by atoms with Crippen molar-refractivity contribution in [3.63, 3.8) is 0 Å². The molecule has 1 aliphatic rings. The summed E-state index contributed by atoms with van der Waals surface area (Å²) in [5.41, 5.74) is 0. The summed E-state index contributed by atoms with van der Waals surface area (Å²) in [7, 11) is 0. The van der Waals surface area contributed by atoms with Crippen LogP contribution in [0.1, 0.15) is 26.2 Å². The Bertz CT molecular complexity index is 172. The van der Waals surface area contributed by atoms with Crippen molar-refractivity contribution in [3.8, 4) is 0 Å². The normalized spacial score (nSPS) is 24.3. The molecule has 0 fully saturated rings. The lowest BCUT2D eigenvalue weighted by Crippen LogP contribution is -1.86. The Hall–Kier alpha value is -0.780. The van der Waals surface area contributed by atoms with Gasteiger partial charge in [-0.15, -0.1) is 0 Å². The first-order chi connectivity index (χ1) is 5.43. The highest BCUT2D eigenvalue weighted by molar-refractivity contribution is 5.08. The number of hydrogen-bond acceptors (Lipinski definition) is 0. The molecule has 0 heterocycles. The van der Waals surface area contributed by atoms with E-state index in [9.17, 15) is 0 Å². The van der Waals surface area contributed by atoms with Crippen LogP contribution in [0.25, 0.3) is 0 Å². The maximum Gasteiger partial charge on any atom is -0.00189 e. The minimum absolute atomic E-state index is 0.647. The molecule has 0 nitrogen and oxygen atoms in total. The van der Waals surface area contributed by atoms with Crippen molar-refractivity contribution in [2.45, 2.75) is 26.2 Å². The second kappa shape index (κ2) is 4.95. The molecule has 11 heavy (non-hydrogen) atoms. The summed E-state index contributed by atoms with van der Waals surface area (Å²) in [5, 5.41) is 0. The number of rotatable bonds is 2. The maximum atomic E-state index is 2.30. The van der Waals surface area contributed by atoms with Crippen LogP contribution in [-0.2, 0) is 0 Å². The average molecular weight is 148 g/mol. The summed E-state index contributed by atoms with van der Waals surface area (Å²) in [6, 6.07) is 0. The van der Waals surface area contributed by atoms with Crippen LogP contribution in [0.5, 0.6) is 0 Å². The van der Waals surface area contributed by atoms with E-state index >= 15 is 0 Å². The lowest BCUT2D eigenvalue weighted by Gasteiger charge is -2.00. The van der Waals surface area contributed by atoms with Crippen molar-refractivity contribution in [2.24, 2.45) is 5.92 Å². The molecule has 0 unspecified atom stereocenters. The highest BCUT2D eigenvalue weighted by Gasteiger charge is 1.97. The highest BCUT2D eigenvalue weighted by atomic mass is 14.0. The van der Waals surface area contributed by atoms with E-state index < -0.39 is 0 Å². The zero-order chi connectivity index (χ0) is 7.94. The van der Waals surface area contributed by atoms with E-state index in [0.717, 1.165) is 12.8 Å². The molecule has 60 valence electrons. The van der Waals surface area contributed by atoms with E-state index in [1.54, 1.807) is 0 Å². The van der Waals surface area contributed by atoms with Crippen molar-refractivity contribution >= 4 is 0 Å². The van der Waals surface area contributed by atoms with Gasteiger partial charge in [-0.3, -0.25) is 0 Å². The number of allylic oxidation sites excluding steroid dienone is 6. The SMILES string of the molecule is CC/C=C\[C@H]1C=CCC=CC1. The van der Waals surface area contributed by atoms with Crippen LogP contribution >= 0.6 is 0 Å². The van der Waals surface area contributed by atoms with Crippen molar-refractivity contribution in [3.05, 3.63) is 36.5 Å². The van der Waals surface area contributed by atoms with Gasteiger partial charge in [0.15, 0.2) is 0 Å². The van der Waals surface area contributed by atoms with Gasteiger partial charge in [-0.1, -0.05) is 43.4 Å². The van der Waals surface area contributed by atoms with Crippen molar-refractivity contribution in [1.82, 2.24) is 0 Å². The molecule has 0 N–H and O–H groups in total. The van der Waals surface area contributed by atoms with Crippen molar-refractivity contribution < 1.29 is 0 Å². The van der Waals surface area contributed by atoms with Gasteiger partial charge in [-0.05, 0) is 25.2 Å². The fraction of sp³-hybridized carbons (Fsp3) is 0.455. The molecule has 0 aromatic rings. The Labute approximate surface area is 69.3 Å². The molecule has 0 spiro atoms. The van der Waals surface area contributed by atoms with Gasteiger partial charge < -0.3 is 0 Å². The third-order valence-electron chi connectivity index (χ3n) is 1.85. The average Bonchev–Trinajstić information content (AvgIpc) is 2.28. The summed E-state index contributed by atoms with van der Waals surface area (Å²) in [6.07, 6.45) is 17.0. The van der Waals surface area contributed by atoms with Gasteiger partial charge in [0.2, 0.25) is 0 Å². The Morgan fingerprint density at radius 1 is 1.36 bits per heavy atom. The Morgan fingerprint density at radius 3 is 3.09 bits per heavy atom. The minimum atomic E-state index is 0.647.